The Morgan fingerprint density at radius 2 is 1.49 bits per heavy atom. The molecule has 0 spiro atoms. The predicted molar refractivity (Wildman–Crippen MR) is 253 cm³/mol. The normalized spacial score (nSPS) is 14.9. The van der Waals surface area contributed by atoms with Crippen LogP contribution < -0.4 is 30.1 Å². The second kappa shape index (κ2) is 17.6. The molecule has 2 N–H and O–H groups in total. The van der Waals surface area contributed by atoms with Crippen LogP contribution in [0.2, 0.25) is 0 Å². The summed E-state index contributed by atoms with van der Waals surface area (Å²) < 4.78 is 73.5. The van der Waals surface area contributed by atoms with Crippen molar-refractivity contribution in [3.63, 3.8) is 0 Å². The molecule has 1 atom stereocenters. The molecule has 2 aromatic heterocycles. The van der Waals surface area contributed by atoms with E-state index in [0.29, 0.717) is 40.3 Å². The van der Waals surface area contributed by atoms with Crippen LogP contribution in [0, 0.1) is 12.7 Å². The van der Waals surface area contributed by atoms with Gasteiger partial charge in [-0.2, -0.15) is 5.10 Å². The summed E-state index contributed by atoms with van der Waals surface area (Å²) in [4.78, 5) is 18.4. The van der Waals surface area contributed by atoms with Gasteiger partial charge in [-0.3, -0.25) is 9.52 Å². The fraction of sp³-hybridized carbons (Fsp3) is 0.160. The average Bonchev–Trinajstić information content (AvgIpc) is 4.02. The molecule has 15 heteroatoms. The Labute approximate surface area is 376 Å². The van der Waals surface area contributed by atoms with Gasteiger partial charge in [0.25, 0.3) is 0 Å². The van der Waals surface area contributed by atoms with Gasteiger partial charge in [-0.25, -0.2) is 22.2 Å². The van der Waals surface area contributed by atoms with Crippen molar-refractivity contribution in [2.75, 3.05) is 24.2 Å². The predicted octanol–water partition coefficient (Wildman–Crippen LogP) is 9.54. The van der Waals surface area contributed by atoms with Crippen molar-refractivity contribution in [1.29, 1.82) is 0 Å². The van der Waals surface area contributed by atoms with Crippen LogP contribution in [0.15, 0.2) is 163 Å². The van der Waals surface area contributed by atoms with Crippen molar-refractivity contribution in [1.82, 2.24) is 14.8 Å². The lowest BCUT2D eigenvalue weighted by Gasteiger charge is -2.27. The summed E-state index contributed by atoms with van der Waals surface area (Å²) >= 11 is 0. The zero-order valence-corrected chi connectivity index (χ0v) is 37.6. The number of rotatable bonds is 14. The van der Waals surface area contributed by atoms with Crippen LogP contribution in [0.5, 0.6) is 17.2 Å². The summed E-state index contributed by atoms with van der Waals surface area (Å²) in [5.41, 5.74) is 2.37. The molecule has 1 fully saturated rings. The van der Waals surface area contributed by atoms with Crippen molar-refractivity contribution >= 4 is 61.2 Å². The number of hydrogen-bond donors (Lipinski definition) is 2. The summed E-state index contributed by atoms with van der Waals surface area (Å²) in [7, 11) is -6.70. The number of carbonyl (C=O) groups is 1. The Morgan fingerprint density at radius 1 is 0.862 bits per heavy atom. The molecular formula is C50H45FN5O7PS. The van der Waals surface area contributed by atoms with Gasteiger partial charge in [-0.1, -0.05) is 103 Å². The van der Waals surface area contributed by atoms with Crippen molar-refractivity contribution < 1.29 is 36.6 Å². The highest BCUT2D eigenvalue weighted by Crippen LogP contribution is 2.50. The third kappa shape index (κ3) is 9.11. The SMILES string of the molecule is Cc1cc(-n2ncc(C(=O)c3cc4cc(OCC5COC(C)(C)O5)c(NS(C)(=O)=O)cc4[nH]3)c2N=P(c2ccccc2)(c2ccccc2)c2ccccc2)ccc1Oc1ccccc1F. The first-order chi connectivity index (χ1) is 31.3. The van der Waals surface area contributed by atoms with Crippen LogP contribution in [0.25, 0.3) is 16.6 Å². The molecule has 6 aromatic carbocycles. The van der Waals surface area contributed by atoms with E-state index in [1.165, 1.54) is 12.3 Å². The van der Waals surface area contributed by atoms with E-state index in [-0.39, 0.29) is 41.2 Å². The molecule has 1 saturated heterocycles. The first-order valence-corrected chi connectivity index (χ1v) is 24.4. The minimum absolute atomic E-state index is 0.0897. The number of aryl methyl sites for hydroxylation is 1. The molecular weight excluding hydrogens is 865 g/mol. The largest absolute Gasteiger partial charge is 0.489 e. The van der Waals surface area contributed by atoms with Crippen molar-refractivity contribution in [3.05, 3.63) is 180 Å². The number of nitrogens with one attached hydrogen (secondary N) is 2. The van der Waals surface area contributed by atoms with E-state index < -0.39 is 34.5 Å². The number of aromatic amines is 1. The standard InChI is InChI=1S/C50H45FN5O7PS/c1-33-26-35(24-25-45(33)62-46-23-15-14-22-41(46)51)56-49(54-64(37-16-8-5-9-17-37,38-18-10-6-11-19-38)39-20-12-7-13-21-39)40(30-52-56)48(57)44-27-34-28-47(60-31-36-32-61-50(2,3)63-36)43(29-42(34)53-44)55-65(4,58)59/h5-30,36,53,55H,31-32H2,1-4H3. The molecule has 12 nitrogen and oxygen atoms in total. The lowest BCUT2D eigenvalue weighted by molar-refractivity contribution is -0.141. The monoisotopic (exact) mass is 909 g/mol. The van der Waals surface area contributed by atoms with E-state index in [2.05, 4.69) is 46.1 Å². The van der Waals surface area contributed by atoms with Crippen LogP contribution >= 0.6 is 7.05 Å². The van der Waals surface area contributed by atoms with Crippen LogP contribution in [0.3, 0.4) is 0 Å². The third-order valence-electron chi connectivity index (χ3n) is 10.8. The highest BCUT2D eigenvalue weighted by atomic mass is 32.2. The number of sulfonamides is 1. The van der Waals surface area contributed by atoms with E-state index in [9.17, 15) is 12.8 Å². The maximum atomic E-state index is 15.1. The number of ether oxygens (including phenoxy) is 4. The summed E-state index contributed by atoms with van der Waals surface area (Å²) in [5.74, 6) is -0.591. The van der Waals surface area contributed by atoms with Gasteiger partial charge in [0.05, 0.1) is 48.7 Å². The van der Waals surface area contributed by atoms with Gasteiger partial charge in [0, 0.05) is 26.8 Å². The zero-order chi connectivity index (χ0) is 45.3. The second-order valence-corrected chi connectivity index (χ2v) is 20.9. The van der Waals surface area contributed by atoms with E-state index in [4.69, 9.17) is 28.8 Å². The van der Waals surface area contributed by atoms with Crippen molar-refractivity contribution in [2.24, 2.45) is 4.74 Å². The Morgan fingerprint density at radius 3 is 2.08 bits per heavy atom. The van der Waals surface area contributed by atoms with E-state index in [1.54, 1.807) is 53.2 Å². The molecule has 0 bridgehead atoms. The highest BCUT2D eigenvalue weighted by Gasteiger charge is 2.34. The maximum Gasteiger partial charge on any atom is 0.229 e. The van der Waals surface area contributed by atoms with Gasteiger partial charge in [-0.05, 0) is 74.9 Å². The van der Waals surface area contributed by atoms with Crippen molar-refractivity contribution in [3.8, 4) is 22.9 Å². The zero-order valence-electron chi connectivity index (χ0n) is 35.9. The van der Waals surface area contributed by atoms with Gasteiger partial charge in [0.2, 0.25) is 15.8 Å². The Bertz CT molecular complexity index is 3110. The van der Waals surface area contributed by atoms with Gasteiger partial charge < -0.3 is 23.9 Å². The van der Waals surface area contributed by atoms with Crippen LogP contribution in [-0.2, 0) is 19.5 Å². The van der Waals surface area contributed by atoms with Gasteiger partial charge in [0.1, 0.15) is 24.2 Å². The summed E-state index contributed by atoms with van der Waals surface area (Å²) in [6.07, 6.45) is 2.18. The van der Waals surface area contributed by atoms with E-state index >= 15 is 4.79 Å². The summed E-state index contributed by atoms with van der Waals surface area (Å²) in [6.45, 7) is 5.88. The minimum Gasteiger partial charge on any atom is -0.489 e. The number of benzene rings is 6. The van der Waals surface area contributed by atoms with Crippen molar-refractivity contribution in [2.45, 2.75) is 32.7 Å². The summed E-state index contributed by atoms with van der Waals surface area (Å²) in [6, 6.07) is 46.7. The average molecular weight is 910 g/mol. The second-order valence-electron chi connectivity index (χ2n) is 16.1. The number of hydrogen-bond acceptors (Lipinski definition) is 9. The number of anilines is 1. The number of fused-ring (bicyclic) bond motifs is 1. The molecule has 0 aliphatic carbocycles. The number of halogens is 1. The number of H-pyrrole nitrogens is 1. The maximum absolute atomic E-state index is 15.1. The smallest absolute Gasteiger partial charge is 0.229 e. The van der Waals surface area contributed by atoms with Gasteiger partial charge in [0.15, 0.2) is 23.2 Å². The number of para-hydroxylation sites is 1. The lowest BCUT2D eigenvalue weighted by Crippen LogP contribution is -2.25. The Hall–Kier alpha value is -6.83. The minimum atomic E-state index is -3.73. The molecule has 0 saturated carbocycles. The molecule has 0 radical (unpaired) electrons. The first kappa shape index (κ1) is 43.4. The Kier molecular flexibility index (Phi) is 11.8. The van der Waals surface area contributed by atoms with E-state index in [1.807, 2.05) is 81.4 Å². The van der Waals surface area contributed by atoms with Gasteiger partial charge in [-0.15, -0.1) is 0 Å². The fourth-order valence-corrected chi connectivity index (χ4v) is 11.9. The number of ketones is 1. The van der Waals surface area contributed by atoms with Crippen LogP contribution in [0.4, 0.5) is 15.9 Å². The molecule has 1 aliphatic heterocycles. The van der Waals surface area contributed by atoms with E-state index in [0.717, 1.165) is 22.2 Å². The molecule has 0 amide bonds. The van der Waals surface area contributed by atoms with Crippen LogP contribution in [-0.4, -0.2) is 60.3 Å². The summed E-state index contributed by atoms with van der Waals surface area (Å²) in [5, 5.41) is 8.31. The fourth-order valence-electron chi connectivity index (χ4n) is 7.86. The number of nitrogens with zero attached hydrogens (tertiary/aromatic N) is 3. The van der Waals surface area contributed by atoms with Gasteiger partial charge >= 0.3 is 0 Å². The topological polar surface area (TPSA) is 146 Å². The highest BCUT2D eigenvalue weighted by molar-refractivity contribution is 7.92. The molecule has 330 valence electrons. The molecule has 65 heavy (non-hydrogen) atoms. The van der Waals surface area contributed by atoms with Crippen LogP contribution in [0.1, 0.15) is 35.5 Å². The molecule has 3 heterocycles. The number of aromatic nitrogens is 3. The first-order valence-electron chi connectivity index (χ1n) is 20.8. The molecule has 1 aliphatic rings. The third-order valence-corrected chi connectivity index (χ3v) is 15.1. The molecule has 9 rings (SSSR count). The molecule has 1 unspecified atom stereocenters. The Balaban J connectivity index is 1.22. The number of carbonyl (C=O) groups excluding carboxylic acids is 1. The quantitative estimate of drug-likeness (QED) is 0.0811. The molecule has 8 aromatic rings. The lowest BCUT2D eigenvalue weighted by atomic mass is 10.1.